The van der Waals surface area contributed by atoms with Crippen LogP contribution in [-0.2, 0) is 18.8 Å². The summed E-state index contributed by atoms with van der Waals surface area (Å²) >= 11 is 0. The van der Waals surface area contributed by atoms with Gasteiger partial charge in [0.25, 0.3) is 0 Å². The molecule has 0 radical (unpaired) electrons. The molecule has 1 aliphatic heterocycles. The van der Waals surface area contributed by atoms with E-state index in [1.54, 1.807) is 0 Å². The minimum atomic E-state index is -1.87. The molecule has 5 nitrogen and oxygen atoms in total. The average Bonchev–Trinajstić information content (AvgIpc) is 2.53. The van der Waals surface area contributed by atoms with Crippen molar-refractivity contribution in [3.63, 3.8) is 0 Å². The van der Waals surface area contributed by atoms with E-state index in [0.717, 1.165) is 24.8 Å². The molecule has 1 amide bonds. The number of ketones is 1. The van der Waals surface area contributed by atoms with Gasteiger partial charge in [0.05, 0.1) is 6.42 Å². The minimum absolute atomic E-state index is 0.00402. The second-order valence-corrected chi connectivity index (χ2v) is 14.1. The number of amides is 1. The Kier molecular flexibility index (Phi) is 8.90. The molecule has 0 aromatic heterocycles. The van der Waals surface area contributed by atoms with Crippen LogP contribution in [0.2, 0.25) is 18.1 Å². The fourth-order valence-corrected chi connectivity index (χ4v) is 4.30. The van der Waals surface area contributed by atoms with Gasteiger partial charge in [-0.25, -0.2) is 0 Å². The van der Waals surface area contributed by atoms with Crippen molar-refractivity contribution in [3.8, 4) is 0 Å². The third-order valence-electron chi connectivity index (χ3n) is 5.92. The Labute approximate surface area is 166 Å². The number of Topliss-reactive ketones (excluding diaryl/α,β-unsaturated/α-hetero) is 1. The maximum absolute atomic E-state index is 12.3. The molecule has 0 aromatic carbocycles. The van der Waals surface area contributed by atoms with Crippen LogP contribution in [0.1, 0.15) is 66.7 Å². The number of carbonyl (C=O) groups excluding carboxylic acids is 2. The summed E-state index contributed by atoms with van der Waals surface area (Å²) < 4.78 is 11.9. The monoisotopic (exact) mass is 397 g/mol. The summed E-state index contributed by atoms with van der Waals surface area (Å²) in [5.41, 5.74) is 0.827. The molecule has 0 aliphatic carbocycles. The molecule has 3 atom stereocenters. The van der Waals surface area contributed by atoms with E-state index in [4.69, 9.17) is 9.16 Å². The van der Waals surface area contributed by atoms with Crippen LogP contribution in [0.5, 0.6) is 0 Å². The molecule has 156 valence electrons. The summed E-state index contributed by atoms with van der Waals surface area (Å²) in [7, 11) is -1.87. The highest BCUT2D eigenvalue weighted by molar-refractivity contribution is 6.74. The van der Waals surface area contributed by atoms with Crippen LogP contribution in [0.15, 0.2) is 12.2 Å². The zero-order valence-electron chi connectivity index (χ0n) is 18.3. The molecular formula is C21H39NO4Si. The topological polar surface area (TPSA) is 64.6 Å². The van der Waals surface area contributed by atoms with Crippen LogP contribution < -0.4 is 5.32 Å². The Morgan fingerprint density at radius 2 is 1.85 bits per heavy atom. The molecule has 1 N–H and O–H groups in total. The van der Waals surface area contributed by atoms with E-state index in [1.165, 1.54) is 0 Å². The number of hydrogen-bond acceptors (Lipinski definition) is 4. The largest absolute Gasteiger partial charge is 0.414 e. The van der Waals surface area contributed by atoms with Crippen LogP contribution in [0, 0.1) is 5.92 Å². The highest BCUT2D eigenvalue weighted by Gasteiger charge is 2.39. The molecule has 1 fully saturated rings. The van der Waals surface area contributed by atoms with Crippen LogP contribution in [0.4, 0.5) is 0 Å². The maximum atomic E-state index is 12.3. The summed E-state index contributed by atoms with van der Waals surface area (Å²) in [6.07, 6.45) is 2.72. The van der Waals surface area contributed by atoms with Crippen molar-refractivity contribution in [2.45, 2.75) is 97.2 Å². The molecule has 1 rings (SSSR count). The lowest BCUT2D eigenvalue weighted by atomic mass is 9.93. The summed E-state index contributed by atoms with van der Waals surface area (Å²) in [5.74, 6) is -0.314. The molecule has 0 aromatic rings. The van der Waals surface area contributed by atoms with Crippen molar-refractivity contribution in [2.75, 3.05) is 6.61 Å². The fourth-order valence-electron chi connectivity index (χ4n) is 2.82. The van der Waals surface area contributed by atoms with Gasteiger partial charge in [-0.1, -0.05) is 39.8 Å². The van der Waals surface area contributed by atoms with E-state index in [-0.39, 0.29) is 47.8 Å². The second kappa shape index (κ2) is 9.98. The van der Waals surface area contributed by atoms with Gasteiger partial charge in [-0.3, -0.25) is 9.59 Å². The van der Waals surface area contributed by atoms with E-state index in [0.29, 0.717) is 6.61 Å². The van der Waals surface area contributed by atoms with E-state index < -0.39 is 8.32 Å². The Morgan fingerprint density at radius 1 is 1.22 bits per heavy atom. The van der Waals surface area contributed by atoms with Crippen molar-refractivity contribution in [1.82, 2.24) is 5.32 Å². The Bertz CT molecular complexity index is 533. The summed E-state index contributed by atoms with van der Waals surface area (Å²) in [6.45, 7) is 19.9. The molecule has 1 heterocycles. The fraction of sp³-hybridized carbons (Fsp3) is 0.810. The molecular weight excluding hydrogens is 358 g/mol. The molecule has 1 unspecified atom stereocenters. The molecule has 1 aliphatic rings. The lowest BCUT2D eigenvalue weighted by Crippen LogP contribution is -2.44. The van der Waals surface area contributed by atoms with Gasteiger partial charge in [-0.2, -0.15) is 0 Å². The van der Waals surface area contributed by atoms with Crippen molar-refractivity contribution in [2.24, 2.45) is 5.92 Å². The number of hydrogen-bond donors (Lipinski definition) is 1. The van der Waals surface area contributed by atoms with Crippen LogP contribution >= 0.6 is 0 Å². The number of rotatable bonds is 9. The van der Waals surface area contributed by atoms with Crippen LogP contribution in [0.25, 0.3) is 0 Å². The molecule has 6 heteroatoms. The SMILES string of the molecule is C=C(CC(=O)CC(=O)NC1CCCCO1)[C@@H](C)[C@@H](C)O[Si](C)(C)C(C)(C)C. The van der Waals surface area contributed by atoms with E-state index in [2.05, 4.69) is 45.8 Å². The van der Waals surface area contributed by atoms with Crippen molar-refractivity contribution in [3.05, 3.63) is 12.2 Å². The Morgan fingerprint density at radius 3 is 2.37 bits per heavy atom. The quantitative estimate of drug-likeness (QED) is 0.351. The van der Waals surface area contributed by atoms with E-state index in [1.807, 2.05) is 13.8 Å². The molecule has 0 saturated carbocycles. The van der Waals surface area contributed by atoms with Gasteiger partial charge in [-0.05, 0) is 44.3 Å². The van der Waals surface area contributed by atoms with E-state index in [9.17, 15) is 9.59 Å². The number of nitrogens with one attached hydrogen (secondary N) is 1. The van der Waals surface area contributed by atoms with Gasteiger partial charge in [0.15, 0.2) is 8.32 Å². The van der Waals surface area contributed by atoms with Crippen LogP contribution in [-0.4, -0.2) is 38.9 Å². The van der Waals surface area contributed by atoms with Gasteiger partial charge < -0.3 is 14.5 Å². The van der Waals surface area contributed by atoms with Gasteiger partial charge in [0.2, 0.25) is 5.91 Å². The summed E-state index contributed by atoms with van der Waals surface area (Å²) in [6, 6.07) is 0. The predicted octanol–water partition coefficient (Wildman–Crippen LogP) is 4.58. The standard InChI is InChI=1S/C21H39NO4Si/c1-15(16(2)17(3)26-27(7,8)21(4,5)6)13-18(23)14-19(24)22-20-11-9-10-12-25-20/h16-17,20H,1,9-14H2,2-8H3,(H,22,24)/t16-,17-,20?/m1/s1. The van der Waals surface area contributed by atoms with Crippen molar-refractivity contribution < 1.29 is 18.8 Å². The van der Waals surface area contributed by atoms with E-state index >= 15 is 0 Å². The van der Waals surface area contributed by atoms with Gasteiger partial charge in [0, 0.05) is 25.0 Å². The minimum Gasteiger partial charge on any atom is -0.414 e. The zero-order valence-corrected chi connectivity index (χ0v) is 19.3. The number of carbonyl (C=O) groups is 2. The summed E-state index contributed by atoms with van der Waals surface area (Å²) in [5, 5.41) is 2.93. The van der Waals surface area contributed by atoms with Crippen LogP contribution in [0.3, 0.4) is 0 Å². The lowest BCUT2D eigenvalue weighted by molar-refractivity contribution is -0.131. The van der Waals surface area contributed by atoms with Gasteiger partial charge in [0.1, 0.15) is 12.0 Å². The van der Waals surface area contributed by atoms with Gasteiger partial charge in [-0.15, -0.1) is 0 Å². The highest BCUT2D eigenvalue weighted by atomic mass is 28.4. The smallest absolute Gasteiger partial charge is 0.229 e. The lowest BCUT2D eigenvalue weighted by Gasteiger charge is -2.40. The molecule has 27 heavy (non-hydrogen) atoms. The third kappa shape index (κ3) is 7.88. The zero-order chi connectivity index (χ0) is 20.8. The number of ether oxygens (including phenoxy) is 1. The molecule has 0 spiro atoms. The Hall–Kier alpha value is -0.983. The first-order valence-corrected chi connectivity index (χ1v) is 13.0. The molecule has 0 bridgehead atoms. The second-order valence-electron chi connectivity index (χ2n) is 9.35. The van der Waals surface area contributed by atoms with Gasteiger partial charge >= 0.3 is 0 Å². The maximum Gasteiger partial charge on any atom is 0.229 e. The predicted molar refractivity (Wildman–Crippen MR) is 112 cm³/mol. The molecule has 1 saturated heterocycles. The highest BCUT2D eigenvalue weighted by Crippen LogP contribution is 2.38. The first kappa shape index (κ1) is 24.1. The first-order valence-electron chi connectivity index (χ1n) is 10.1. The Balaban J connectivity index is 2.46. The van der Waals surface area contributed by atoms with Crippen molar-refractivity contribution in [1.29, 1.82) is 0 Å². The normalized spacial score (nSPS) is 20.6. The summed E-state index contributed by atoms with van der Waals surface area (Å²) in [4.78, 5) is 24.3. The third-order valence-corrected chi connectivity index (χ3v) is 10.5. The first-order chi connectivity index (χ1) is 12.3. The average molecular weight is 398 g/mol. The van der Waals surface area contributed by atoms with Crippen molar-refractivity contribution >= 4 is 20.0 Å².